The zero-order valence-corrected chi connectivity index (χ0v) is 23.7. The number of carboxylic acid groups (broad SMARTS) is 3. The average Bonchev–Trinajstić information content (AvgIpc) is 3.42. The third-order valence-corrected chi connectivity index (χ3v) is 6.97. The van der Waals surface area contributed by atoms with Gasteiger partial charge in [-0.15, -0.1) is 0 Å². The third-order valence-electron chi connectivity index (χ3n) is 6.97. The van der Waals surface area contributed by atoms with Gasteiger partial charge >= 0.3 is 12.1 Å². The summed E-state index contributed by atoms with van der Waals surface area (Å²) < 4.78 is 11.6. The monoisotopic (exact) mass is 592 g/mol. The van der Waals surface area contributed by atoms with E-state index in [1.54, 1.807) is 42.5 Å². The number of amidine groups is 1. The summed E-state index contributed by atoms with van der Waals surface area (Å²) in [5.74, 6) is -0.329. The van der Waals surface area contributed by atoms with Crippen LogP contribution >= 0.6 is 0 Å². The Hall–Kier alpha value is -5.26. The molecule has 1 aliphatic rings. The Morgan fingerprint density at radius 1 is 0.953 bits per heavy atom. The van der Waals surface area contributed by atoms with E-state index in [1.807, 2.05) is 30.3 Å². The summed E-state index contributed by atoms with van der Waals surface area (Å²) in [6, 6.07) is 21.1. The molecule has 0 heterocycles. The number of nitrogen functional groups attached to an aromatic ring is 1. The lowest BCUT2D eigenvalue weighted by molar-refractivity contribution is -0.139. The molecule has 1 atom stereocenters. The molecule has 228 valence electrons. The molecule has 1 unspecified atom stereocenters. The van der Waals surface area contributed by atoms with Gasteiger partial charge in [-0.3, -0.25) is 15.0 Å². The Morgan fingerprint density at radius 2 is 1.58 bits per heavy atom. The van der Waals surface area contributed by atoms with Gasteiger partial charge in [0.1, 0.15) is 18.5 Å². The van der Waals surface area contributed by atoms with Crippen LogP contribution in [0.2, 0.25) is 0 Å². The Labute approximate surface area is 249 Å². The molecule has 12 nitrogen and oxygen atoms in total. The molecule has 0 radical (unpaired) electrons. The van der Waals surface area contributed by atoms with E-state index in [2.05, 4.69) is 10.6 Å². The van der Waals surface area contributed by atoms with E-state index < -0.39 is 23.7 Å². The highest BCUT2D eigenvalue weighted by Gasteiger charge is 2.39. The maximum absolute atomic E-state index is 13.8. The van der Waals surface area contributed by atoms with Crippen LogP contribution in [0.4, 0.5) is 10.5 Å². The highest BCUT2D eigenvalue weighted by molar-refractivity contribution is 5.95. The van der Waals surface area contributed by atoms with Crippen LogP contribution in [0.3, 0.4) is 0 Å². The number of hydrogen-bond donors (Lipinski definition) is 7. The summed E-state index contributed by atoms with van der Waals surface area (Å²) in [6.07, 6.45) is 0.981. The van der Waals surface area contributed by atoms with Crippen molar-refractivity contribution in [2.24, 2.45) is 5.73 Å². The van der Waals surface area contributed by atoms with E-state index in [0.29, 0.717) is 47.8 Å². The molecular weight excluding hydrogens is 556 g/mol. The molecule has 1 saturated carbocycles. The van der Waals surface area contributed by atoms with E-state index in [9.17, 15) is 14.7 Å². The van der Waals surface area contributed by atoms with Crippen molar-refractivity contribution >= 4 is 29.6 Å². The molecular formula is C31H36N4O8. The quantitative estimate of drug-likeness (QED) is 0.113. The number of carbonyl (C=O) groups excluding carboxylic acids is 1. The minimum absolute atomic E-state index is 0.0523. The third kappa shape index (κ3) is 9.66. The molecule has 0 spiro atoms. The summed E-state index contributed by atoms with van der Waals surface area (Å²) in [7, 11) is 1.54. The van der Waals surface area contributed by atoms with Crippen molar-refractivity contribution in [2.45, 2.75) is 50.3 Å². The van der Waals surface area contributed by atoms with Crippen LogP contribution in [0.1, 0.15) is 54.8 Å². The van der Waals surface area contributed by atoms with Gasteiger partial charge in [0.15, 0.2) is 11.5 Å². The highest BCUT2D eigenvalue weighted by Crippen LogP contribution is 2.36. The fraction of sp³-hybridized carbons (Fsp3) is 0.290. The van der Waals surface area contributed by atoms with Crippen LogP contribution in [0.15, 0.2) is 72.8 Å². The Morgan fingerprint density at radius 3 is 2.14 bits per heavy atom. The smallest absolute Gasteiger partial charge is 0.493 e. The number of rotatable bonds is 12. The first kappa shape index (κ1) is 32.3. The second-order valence-electron chi connectivity index (χ2n) is 10.1. The first-order valence-corrected chi connectivity index (χ1v) is 13.5. The van der Waals surface area contributed by atoms with Crippen LogP contribution in [0, 0.1) is 5.41 Å². The fourth-order valence-corrected chi connectivity index (χ4v) is 4.95. The van der Waals surface area contributed by atoms with Crippen LogP contribution in [0.5, 0.6) is 11.5 Å². The lowest BCUT2D eigenvalue weighted by Crippen LogP contribution is -2.50. The summed E-state index contributed by atoms with van der Waals surface area (Å²) in [4.78, 5) is 33.9. The molecule has 1 amide bonds. The number of anilines is 1. The molecule has 1 fully saturated rings. The number of hydrogen-bond acceptors (Lipinski definition) is 7. The van der Waals surface area contributed by atoms with Crippen LogP contribution in [-0.2, 0) is 16.2 Å². The summed E-state index contributed by atoms with van der Waals surface area (Å²) in [5, 5.41) is 37.4. The van der Waals surface area contributed by atoms with Gasteiger partial charge in [0.25, 0.3) is 0 Å². The van der Waals surface area contributed by atoms with E-state index in [1.165, 1.54) is 7.11 Å². The van der Waals surface area contributed by atoms with Crippen molar-refractivity contribution in [3.8, 4) is 11.5 Å². The largest absolute Gasteiger partial charge is 0.503 e. The Bertz CT molecular complexity index is 1400. The predicted molar refractivity (Wildman–Crippen MR) is 160 cm³/mol. The van der Waals surface area contributed by atoms with E-state index in [0.717, 1.165) is 18.4 Å². The summed E-state index contributed by atoms with van der Waals surface area (Å²) in [6.45, 7) is 0.360. The van der Waals surface area contributed by atoms with Crippen molar-refractivity contribution in [2.75, 3.05) is 12.4 Å². The van der Waals surface area contributed by atoms with Crippen LogP contribution in [-0.4, -0.2) is 51.8 Å². The van der Waals surface area contributed by atoms with Gasteiger partial charge in [-0.05, 0) is 60.4 Å². The normalized spacial score (nSPS) is 13.9. The molecule has 3 aromatic rings. The second-order valence-corrected chi connectivity index (χ2v) is 10.1. The lowest BCUT2D eigenvalue weighted by atomic mass is 9.92. The Kier molecular flexibility index (Phi) is 11.3. The molecule has 4 rings (SSSR count). The van der Waals surface area contributed by atoms with Crippen molar-refractivity contribution < 1.29 is 39.2 Å². The number of nitrogens with one attached hydrogen (secondary N) is 3. The molecule has 1 aliphatic carbocycles. The topological polar surface area (TPSA) is 204 Å². The van der Waals surface area contributed by atoms with Crippen molar-refractivity contribution in [3.05, 3.63) is 89.5 Å². The van der Waals surface area contributed by atoms with Crippen molar-refractivity contribution in [1.82, 2.24) is 5.32 Å². The number of benzene rings is 3. The van der Waals surface area contributed by atoms with Crippen molar-refractivity contribution in [3.63, 3.8) is 0 Å². The Balaban J connectivity index is 0.00000119. The number of aliphatic carboxylic acids is 1. The maximum Gasteiger partial charge on any atom is 0.503 e. The molecule has 0 aliphatic heterocycles. The van der Waals surface area contributed by atoms with E-state index in [-0.39, 0.29) is 18.2 Å². The summed E-state index contributed by atoms with van der Waals surface area (Å²) in [5.41, 5.74) is 7.63. The lowest BCUT2D eigenvalue weighted by Gasteiger charge is -2.31. The van der Waals surface area contributed by atoms with Crippen LogP contribution < -0.4 is 25.8 Å². The SMILES string of the molecule is COc1cc(C(Nc2ccc(C(=N)N)cc2)C(=O)NC2(CC(=O)O)CCCC2)ccc1OCc1ccccc1.O=C(O)O. The number of carbonyl (C=O) groups is 3. The first-order valence-electron chi connectivity index (χ1n) is 13.5. The number of carboxylic acids is 1. The van der Waals surface area contributed by atoms with Gasteiger partial charge in [0, 0.05) is 11.3 Å². The van der Waals surface area contributed by atoms with Gasteiger partial charge in [-0.25, -0.2) is 4.79 Å². The van der Waals surface area contributed by atoms with Crippen molar-refractivity contribution in [1.29, 1.82) is 5.41 Å². The zero-order chi connectivity index (χ0) is 31.4. The molecule has 8 N–H and O–H groups in total. The number of methoxy groups -OCH3 is 1. The predicted octanol–water partition coefficient (Wildman–Crippen LogP) is 4.84. The molecule has 3 aromatic carbocycles. The standard InChI is InChI=1S/C30H34N4O5.CH2O3/c1-38-25-17-22(11-14-24(25)39-19-20-7-3-2-4-8-20)27(33-23-12-9-21(10-13-23)28(31)32)29(37)34-30(18-26(35)36)15-5-6-16-30;2-1(3)4/h2-4,7-14,17,27,33H,5-6,15-16,18-19H2,1H3,(H3,31,32)(H,34,37)(H,35,36);(H2,2,3,4). The van der Waals surface area contributed by atoms with Gasteiger partial charge in [-0.2, -0.15) is 0 Å². The summed E-state index contributed by atoms with van der Waals surface area (Å²) >= 11 is 0. The van der Waals surface area contributed by atoms with Crippen LogP contribution in [0.25, 0.3) is 0 Å². The van der Waals surface area contributed by atoms with E-state index >= 15 is 0 Å². The van der Waals surface area contributed by atoms with Gasteiger partial charge in [0.2, 0.25) is 5.91 Å². The van der Waals surface area contributed by atoms with E-state index in [4.69, 9.17) is 35.6 Å². The number of ether oxygens (including phenoxy) is 2. The minimum Gasteiger partial charge on any atom is -0.493 e. The minimum atomic E-state index is -1.83. The number of nitrogens with two attached hydrogens (primary N) is 1. The highest BCUT2D eigenvalue weighted by atomic mass is 16.6. The average molecular weight is 593 g/mol. The molecule has 0 aromatic heterocycles. The maximum atomic E-state index is 13.8. The van der Waals surface area contributed by atoms with Gasteiger partial charge < -0.3 is 41.2 Å². The molecule has 0 saturated heterocycles. The molecule has 12 heteroatoms. The zero-order valence-electron chi connectivity index (χ0n) is 23.7. The van der Waals surface area contributed by atoms with Gasteiger partial charge in [0.05, 0.1) is 19.1 Å². The molecule has 0 bridgehead atoms. The first-order chi connectivity index (χ1) is 20.5. The number of amides is 1. The van der Waals surface area contributed by atoms with Gasteiger partial charge in [-0.1, -0.05) is 49.2 Å². The second kappa shape index (κ2) is 15.1. The fourth-order valence-electron chi connectivity index (χ4n) is 4.95. The molecule has 43 heavy (non-hydrogen) atoms.